The third-order valence-corrected chi connectivity index (χ3v) is 6.55. The predicted octanol–water partition coefficient (Wildman–Crippen LogP) is 4.71. The van der Waals surface area contributed by atoms with Crippen LogP contribution < -0.4 is 0 Å². The van der Waals surface area contributed by atoms with Gasteiger partial charge in [-0.2, -0.15) is 13.2 Å². The number of amides is 1. The van der Waals surface area contributed by atoms with E-state index in [0.717, 1.165) is 41.8 Å². The Morgan fingerprint density at radius 1 is 1.00 bits per heavy atom. The number of benzene rings is 2. The number of hydrogen-bond acceptors (Lipinski definition) is 3. The van der Waals surface area contributed by atoms with Gasteiger partial charge in [0.2, 0.25) is 5.91 Å². The summed E-state index contributed by atoms with van der Waals surface area (Å²) in [5.74, 6) is 0.119. The van der Waals surface area contributed by atoms with Crippen molar-refractivity contribution in [1.82, 2.24) is 9.80 Å². The van der Waals surface area contributed by atoms with Gasteiger partial charge in [0.15, 0.2) is 0 Å². The van der Waals surface area contributed by atoms with E-state index < -0.39 is 11.7 Å². The Morgan fingerprint density at radius 2 is 1.66 bits per heavy atom. The molecule has 0 aromatic heterocycles. The second kappa shape index (κ2) is 8.87. The average molecular weight is 447 g/mol. The Hall–Kier alpha value is -2.38. The highest BCUT2D eigenvalue weighted by atomic mass is 19.4. The van der Waals surface area contributed by atoms with Crippen LogP contribution in [0.25, 0.3) is 11.1 Å². The van der Waals surface area contributed by atoms with Crippen molar-refractivity contribution in [3.05, 3.63) is 59.2 Å². The molecule has 0 atom stereocenters. The first-order chi connectivity index (χ1) is 15.1. The predicted molar refractivity (Wildman–Crippen MR) is 117 cm³/mol. The molecule has 4 rings (SSSR count). The van der Waals surface area contributed by atoms with Crippen molar-refractivity contribution in [2.75, 3.05) is 39.4 Å². The molecule has 0 spiro atoms. The number of hydrogen-bond donors (Lipinski definition) is 0. The lowest BCUT2D eigenvalue weighted by Crippen LogP contribution is -2.45. The fourth-order valence-electron chi connectivity index (χ4n) is 4.55. The lowest BCUT2D eigenvalue weighted by Gasteiger charge is -2.30. The van der Waals surface area contributed by atoms with E-state index in [1.165, 1.54) is 17.7 Å². The second-order valence-corrected chi connectivity index (χ2v) is 9.28. The molecular weight excluding hydrogens is 417 g/mol. The van der Waals surface area contributed by atoms with E-state index in [9.17, 15) is 18.0 Å². The van der Waals surface area contributed by atoms with Gasteiger partial charge in [-0.1, -0.05) is 38.1 Å². The standard InChI is InChI=1S/C25H29F3N2O2/c1-24(2)9-10-29(17-23(31)30-11-13-32-14-12-30)16-20-15-19(5-8-22(20)24)18-3-6-21(7-4-18)25(26,27)28/h3-8,15H,9-14,16-17H2,1-2H3. The van der Waals surface area contributed by atoms with Gasteiger partial charge in [0.25, 0.3) is 0 Å². The van der Waals surface area contributed by atoms with E-state index >= 15 is 0 Å². The van der Waals surface area contributed by atoms with Gasteiger partial charge < -0.3 is 9.64 Å². The van der Waals surface area contributed by atoms with Gasteiger partial charge >= 0.3 is 6.18 Å². The van der Waals surface area contributed by atoms with Crippen LogP contribution in [0, 0.1) is 0 Å². The number of ether oxygens (including phenoxy) is 1. The van der Waals surface area contributed by atoms with Gasteiger partial charge in [-0.15, -0.1) is 0 Å². The van der Waals surface area contributed by atoms with E-state index in [1.807, 2.05) is 11.0 Å². The normalized spacial score (nSPS) is 19.3. The summed E-state index contributed by atoms with van der Waals surface area (Å²) in [4.78, 5) is 16.8. The van der Waals surface area contributed by atoms with Crippen LogP contribution in [0.5, 0.6) is 0 Å². The van der Waals surface area contributed by atoms with Crippen LogP contribution in [0.3, 0.4) is 0 Å². The second-order valence-electron chi connectivity index (χ2n) is 9.28. The lowest BCUT2D eigenvalue weighted by molar-refractivity contribution is -0.138. The summed E-state index contributed by atoms with van der Waals surface area (Å²) in [6.07, 6.45) is -3.42. The quantitative estimate of drug-likeness (QED) is 0.684. The average Bonchev–Trinajstić information content (AvgIpc) is 2.89. The largest absolute Gasteiger partial charge is 0.416 e. The molecule has 4 nitrogen and oxygen atoms in total. The summed E-state index contributed by atoms with van der Waals surface area (Å²) in [7, 11) is 0. The van der Waals surface area contributed by atoms with Gasteiger partial charge in [-0.05, 0) is 58.8 Å². The van der Waals surface area contributed by atoms with Crippen molar-refractivity contribution in [2.24, 2.45) is 0 Å². The number of carbonyl (C=O) groups excluding carboxylic acids is 1. The molecule has 1 saturated heterocycles. The van der Waals surface area contributed by atoms with E-state index in [1.54, 1.807) is 0 Å². The third-order valence-electron chi connectivity index (χ3n) is 6.55. The van der Waals surface area contributed by atoms with E-state index in [2.05, 4.69) is 30.9 Å². The number of fused-ring (bicyclic) bond motifs is 1. The van der Waals surface area contributed by atoms with Crippen LogP contribution in [0.15, 0.2) is 42.5 Å². The van der Waals surface area contributed by atoms with Crippen molar-refractivity contribution in [1.29, 1.82) is 0 Å². The number of carbonyl (C=O) groups is 1. The van der Waals surface area contributed by atoms with Crippen LogP contribution in [0.2, 0.25) is 0 Å². The van der Waals surface area contributed by atoms with Crippen LogP contribution in [0.4, 0.5) is 13.2 Å². The summed E-state index contributed by atoms with van der Waals surface area (Å²) in [6.45, 7) is 8.65. The first kappa shape index (κ1) is 22.8. The first-order valence-electron chi connectivity index (χ1n) is 11.0. The van der Waals surface area contributed by atoms with Crippen molar-refractivity contribution in [3.63, 3.8) is 0 Å². The molecular formula is C25H29F3N2O2. The highest BCUT2D eigenvalue weighted by Crippen LogP contribution is 2.37. The molecule has 0 saturated carbocycles. The molecule has 0 radical (unpaired) electrons. The SMILES string of the molecule is CC1(C)CCN(CC(=O)N2CCOCC2)Cc2cc(-c3ccc(C(F)(F)F)cc3)ccc21. The fourth-order valence-corrected chi connectivity index (χ4v) is 4.55. The van der Waals surface area contributed by atoms with Gasteiger partial charge in [0.1, 0.15) is 0 Å². The molecule has 2 heterocycles. The van der Waals surface area contributed by atoms with Crippen molar-refractivity contribution in [3.8, 4) is 11.1 Å². The minimum atomic E-state index is -4.34. The zero-order valence-corrected chi connectivity index (χ0v) is 18.5. The topological polar surface area (TPSA) is 32.8 Å². The third kappa shape index (κ3) is 4.99. The summed E-state index contributed by atoms with van der Waals surface area (Å²) in [6, 6.07) is 11.4. The van der Waals surface area contributed by atoms with E-state index in [4.69, 9.17) is 4.74 Å². The highest BCUT2D eigenvalue weighted by Gasteiger charge is 2.31. The summed E-state index contributed by atoms with van der Waals surface area (Å²) >= 11 is 0. The molecule has 2 aliphatic heterocycles. The Kier molecular flexibility index (Phi) is 6.32. The molecule has 2 aliphatic rings. The Balaban J connectivity index is 1.57. The zero-order chi connectivity index (χ0) is 22.9. The molecule has 0 aliphatic carbocycles. The van der Waals surface area contributed by atoms with Crippen molar-refractivity contribution in [2.45, 2.75) is 38.4 Å². The van der Waals surface area contributed by atoms with Crippen LogP contribution in [-0.2, 0) is 27.7 Å². The molecule has 172 valence electrons. The van der Waals surface area contributed by atoms with E-state index in [0.29, 0.717) is 39.4 Å². The van der Waals surface area contributed by atoms with Crippen molar-refractivity contribution < 1.29 is 22.7 Å². The maximum absolute atomic E-state index is 12.9. The maximum atomic E-state index is 12.9. The summed E-state index contributed by atoms with van der Waals surface area (Å²) in [5, 5.41) is 0. The van der Waals surface area contributed by atoms with Gasteiger partial charge in [-0.3, -0.25) is 9.69 Å². The molecule has 0 unspecified atom stereocenters. The number of rotatable bonds is 3. The van der Waals surface area contributed by atoms with Gasteiger partial charge in [-0.25, -0.2) is 0 Å². The van der Waals surface area contributed by atoms with Crippen LogP contribution >= 0.6 is 0 Å². The Bertz CT molecular complexity index is 964. The Labute approximate surface area is 187 Å². The fraction of sp³-hybridized carbons (Fsp3) is 0.480. The smallest absolute Gasteiger partial charge is 0.378 e. The molecule has 2 aromatic rings. The van der Waals surface area contributed by atoms with Crippen molar-refractivity contribution >= 4 is 5.91 Å². The Morgan fingerprint density at radius 3 is 2.31 bits per heavy atom. The molecule has 7 heteroatoms. The summed E-state index contributed by atoms with van der Waals surface area (Å²) in [5.41, 5.74) is 3.29. The zero-order valence-electron chi connectivity index (χ0n) is 18.5. The minimum Gasteiger partial charge on any atom is -0.378 e. The lowest BCUT2D eigenvalue weighted by atomic mass is 9.79. The number of halogens is 3. The van der Waals surface area contributed by atoms with Gasteiger partial charge in [0.05, 0.1) is 25.3 Å². The molecule has 0 N–H and O–H groups in total. The van der Waals surface area contributed by atoms with E-state index in [-0.39, 0.29) is 11.3 Å². The number of morpholine rings is 1. The highest BCUT2D eigenvalue weighted by molar-refractivity contribution is 5.78. The van der Waals surface area contributed by atoms with Crippen LogP contribution in [-0.4, -0.2) is 55.1 Å². The van der Waals surface area contributed by atoms with Crippen LogP contribution in [0.1, 0.15) is 37.0 Å². The molecule has 2 aromatic carbocycles. The maximum Gasteiger partial charge on any atom is 0.416 e. The molecule has 0 bridgehead atoms. The molecule has 32 heavy (non-hydrogen) atoms. The summed E-state index contributed by atoms with van der Waals surface area (Å²) < 4.78 is 44.1. The minimum absolute atomic E-state index is 0.0508. The number of nitrogens with zero attached hydrogens (tertiary/aromatic N) is 2. The van der Waals surface area contributed by atoms with Gasteiger partial charge in [0, 0.05) is 19.6 Å². The first-order valence-corrected chi connectivity index (χ1v) is 11.0. The monoisotopic (exact) mass is 446 g/mol. The molecule has 1 amide bonds. The number of alkyl halides is 3. The molecule has 1 fully saturated rings.